The van der Waals surface area contributed by atoms with Gasteiger partial charge in [0.05, 0.1) is 12.0 Å². The van der Waals surface area contributed by atoms with Crippen molar-refractivity contribution in [2.45, 2.75) is 52.0 Å². The minimum Gasteiger partial charge on any atom is -0.465 e. The fourth-order valence-corrected chi connectivity index (χ4v) is 4.52. The number of hydrogen-bond acceptors (Lipinski definition) is 5. The Morgan fingerprint density at radius 2 is 1.65 bits per heavy atom. The molecule has 0 heterocycles. The van der Waals surface area contributed by atoms with Crippen molar-refractivity contribution in [1.29, 1.82) is 0 Å². The van der Waals surface area contributed by atoms with Gasteiger partial charge in [-0.3, -0.25) is 4.79 Å². The molecule has 0 saturated heterocycles. The van der Waals surface area contributed by atoms with Crippen LogP contribution in [0.3, 0.4) is 0 Å². The van der Waals surface area contributed by atoms with Crippen LogP contribution in [0.2, 0.25) is 6.04 Å². The molecule has 1 aromatic carbocycles. The lowest BCUT2D eigenvalue weighted by molar-refractivity contribution is -0.154. The van der Waals surface area contributed by atoms with Crippen LogP contribution in [0.5, 0.6) is 0 Å². The maximum Gasteiger partial charge on any atom is 0.500 e. The number of rotatable bonds is 12. The zero-order chi connectivity index (χ0) is 19.6. The molecular weight excluding hydrogens is 348 g/mol. The van der Waals surface area contributed by atoms with Crippen molar-refractivity contribution in [1.82, 2.24) is 0 Å². The molecule has 0 fully saturated rings. The van der Waals surface area contributed by atoms with E-state index in [4.69, 9.17) is 18.0 Å². The van der Waals surface area contributed by atoms with Gasteiger partial charge >= 0.3 is 14.8 Å². The molecular formula is C20H34O5Si. The highest BCUT2D eigenvalue weighted by molar-refractivity contribution is 6.60. The van der Waals surface area contributed by atoms with E-state index in [2.05, 4.69) is 31.2 Å². The molecule has 0 aliphatic heterocycles. The fourth-order valence-electron chi connectivity index (χ4n) is 2.83. The van der Waals surface area contributed by atoms with Crippen molar-refractivity contribution in [3.8, 4) is 0 Å². The Balaban J connectivity index is 2.40. The highest BCUT2D eigenvalue weighted by Crippen LogP contribution is 2.30. The normalized spacial score (nSPS) is 13.5. The highest BCUT2D eigenvalue weighted by atomic mass is 28.4. The lowest BCUT2D eigenvalue weighted by atomic mass is 9.83. The molecule has 1 atom stereocenters. The summed E-state index contributed by atoms with van der Waals surface area (Å²) in [5.41, 5.74) is 0.804. The van der Waals surface area contributed by atoms with Gasteiger partial charge in [0.1, 0.15) is 0 Å². The molecule has 5 nitrogen and oxygen atoms in total. The first kappa shape index (κ1) is 22.8. The molecule has 1 rings (SSSR count). The molecule has 0 aromatic heterocycles. The third-order valence-corrected chi connectivity index (χ3v) is 7.75. The summed E-state index contributed by atoms with van der Waals surface area (Å²) in [6, 6.07) is 11.0. The molecule has 1 aromatic rings. The number of hydrogen-bond donors (Lipinski definition) is 0. The molecule has 0 aliphatic carbocycles. The predicted octanol–water partition coefficient (Wildman–Crippen LogP) is 4.41. The maximum absolute atomic E-state index is 12.4. The summed E-state index contributed by atoms with van der Waals surface area (Å²) >= 11 is 0. The lowest BCUT2D eigenvalue weighted by Gasteiger charge is -2.26. The SMILES string of the molecule is CO[Si](CCCOC(=O)C(C)(C)CCC(C)c1ccccc1)(OC)OC. The Labute approximate surface area is 159 Å². The van der Waals surface area contributed by atoms with Gasteiger partial charge in [0.25, 0.3) is 0 Å². The molecule has 1 unspecified atom stereocenters. The summed E-state index contributed by atoms with van der Waals surface area (Å²) in [4.78, 5) is 12.4. The van der Waals surface area contributed by atoms with Crippen LogP contribution in [0, 0.1) is 5.41 Å². The molecule has 6 heteroatoms. The third kappa shape index (κ3) is 6.83. The Morgan fingerprint density at radius 1 is 1.08 bits per heavy atom. The highest BCUT2D eigenvalue weighted by Gasteiger charge is 2.37. The molecule has 0 spiro atoms. The van der Waals surface area contributed by atoms with Crippen LogP contribution in [-0.2, 0) is 22.8 Å². The van der Waals surface area contributed by atoms with E-state index < -0.39 is 14.2 Å². The molecule has 0 radical (unpaired) electrons. The first-order valence-corrected chi connectivity index (χ1v) is 11.1. The van der Waals surface area contributed by atoms with Crippen molar-refractivity contribution < 1.29 is 22.8 Å². The van der Waals surface area contributed by atoms with E-state index in [0.29, 0.717) is 25.0 Å². The van der Waals surface area contributed by atoms with Crippen molar-refractivity contribution in [2.75, 3.05) is 27.9 Å². The lowest BCUT2D eigenvalue weighted by Crippen LogP contribution is -2.42. The van der Waals surface area contributed by atoms with Crippen LogP contribution in [0.15, 0.2) is 30.3 Å². The molecule has 0 amide bonds. The number of esters is 1. The van der Waals surface area contributed by atoms with Crippen LogP contribution in [0.4, 0.5) is 0 Å². The van der Waals surface area contributed by atoms with E-state index in [1.54, 1.807) is 21.3 Å². The third-order valence-electron chi connectivity index (χ3n) is 4.92. The fraction of sp³-hybridized carbons (Fsp3) is 0.650. The Morgan fingerprint density at radius 3 is 2.19 bits per heavy atom. The van der Waals surface area contributed by atoms with Gasteiger partial charge in [-0.05, 0) is 44.6 Å². The van der Waals surface area contributed by atoms with E-state index in [1.165, 1.54) is 5.56 Å². The van der Waals surface area contributed by atoms with Gasteiger partial charge in [0, 0.05) is 27.4 Å². The zero-order valence-electron chi connectivity index (χ0n) is 17.0. The minimum absolute atomic E-state index is 0.155. The topological polar surface area (TPSA) is 54.0 Å². The van der Waals surface area contributed by atoms with Crippen molar-refractivity contribution >= 4 is 14.8 Å². The summed E-state index contributed by atoms with van der Waals surface area (Å²) < 4.78 is 21.6. The monoisotopic (exact) mass is 382 g/mol. The molecule has 26 heavy (non-hydrogen) atoms. The zero-order valence-corrected chi connectivity index (χ0v) is 18.0. The van der Waals surface area contributed by atoms with E-state index in [-0.39, 0.29) is 5.97 Å². The van der Waals surface area contributed by atoms with E-state index in [9.17, 15) is 4.79 Å². The minimum atomic E-state index is -2.59. The van der Waals surface area contributed by atoms with Gasteiger partial charge in [0.2, 0.25) is 0 Å². The quantitative estimate of drug-likeness (QED) is 0.304. The van der Waals surface area contributed by atoms with Crippen LogP contribution < -0.4 is 0 Å². The van der Waals surface area contributed by atoms with Crippen molar-refractivity contribution in [3.05, 3.63) is 35.9 Å². The van der Waals surface area contributed by atoms with E-state index in [0.717, 1.165) is 12.8 Å². The van der Waals surface area contributed by atoms with E-state index >= 15 is 0 Å². The number of carbonyl (C=O) groups is 1. The second-order valence-electron chi connectivity index (χ2n) is 7.27. The predicted molar refractivity (Wildman–Crippen MR) is 105 cm³/mol. The number of carbonyl (C=O) groups excluding carboxylic acids is 1. The Kier molecular flexibility index (Phi) is 9.50. The van der Waals surface area contributed by atoms with Crippen molar-refractivity contribution in [2.24, 2.45) is 5.41 Å². The summed E-state index contributed by atoms with van der Waals surface area (Å²) in [7, 11) is 2.16. The van der Waals surface area contributed by atoms with Crippen LogP contribution >= 0.6 is 0 Å². The average Bonchev–Trinajstić information content (AvgIpc) is 2.67. The average molecular weight is 383 g/mol. The maximum atomic E-state index is 12.4. The standard InChI is InChI=1S/C20H34O5Si/c1-17(18-11-8-7-9-12-18)13-14-20(2,3)19(21)25-15-10-16-26(22-4,23-5)24-6/h7-9,11-12,17H,10,13-16H2,1-6H3. The largest absolute Gasteiger partial charge is 0.500 e. The summed E-state index contributed by atoms with van der Waals surface area (Å²) in [6.45, 7) is 6.44. The van der Waals surface area contributed by atoms with Gasteiger partial charge in [-0.15, -0.1) is 0 Å². The van der Waals surface area contributed by atoms with E-state index in [1.807, 2.05) is 19.9 Å². The summed E-state index contributed by atoms with van der Waals surface area (Å²) in [6.07, 6.45) is 2.39. The first-order chi connectivity index (χ1) is 12.3. The number of benzene rings is 1. The van der Waals surface area contributed by atoms with Crippen LogP contribution in [0.1, 0.15) is 51.5 Å². The van der Waals surface area contributed by atoms with Crippen LogP contribution in [0.25, 0.3) is 0 Å². The second kappa shape index (κ2) is 10.8. The van der Waals surface area contributed by atoms with Gasteiger partial charge in [-0.25, -0.2) is 0 Å². The molecule has 0 saturated carbocycles. The first-order valence-electron chi connectivity index (χ1n) is 9.18. The molecule has 0 aliphatic rings. The van der Waals surface area contributed by atoms with Gasteiger partial charge in [0.15, 0.2) is 0 Å². The molecule has 148 valence electrons. The van der Waals surface area contributed by atoms with Gasteiger partial charge in [-0.2, -0.15) is 0 Å². The molecule has 0 N–H and O–H groups in total. The van der Waals surface area contributed by atoms with Gasteiger partial charge in [-0.1, -0.05) is 37.3 Å². The smallest absolute Gasteiger partial charge is 0.465 e. The summed E-state index contributed by atoms with van der Waals surface area (Å²) in [5, 5.41) is 0. The molecule has 0 bridgehead atoms. The van der Waals surface area contributed by atoms with Crippen molar-refractivity contribution in [3.63, 3.8) is 0 Å². The Bertz CT molecular complexity index is 520. The Hall–Kier alpha value is -1.21. The summed E-state index contributed by atoms with van der Waals surface area (Å²) in [5.74, 6) is 0.261. The second-order valence-corrected chi connectivity index (χ2v) is 10.4. The number of ether oxygens (including phenoxy) is 1. The van der Waals surface area contributed by atoms with Gasteiger partial charge < -0.3 is 18.0 Å². The van der Waals surface area contributed by atoms with Crippen LogP contribution in [-0.4, -0.2) is 42.7 Å².